The molecular formula is C15H22IN2O+. The molecule has 1 aromatic carbocycles. The maximum absolute atomic E-state index is 12.1. The second-order valence-corrected chi connectivity index (χ2v) is 7.09. The highest BCUT2D eigenvalue weighted by Gasteiger charge is 2.26. The van der Waals surface area contributed by atoms with Crippen LogP contribution in [0, 0.1) is 15.4 Å². The van der Waals surface area contributed by atoms with E-state index < -0.39 is 0 Å². The molecule has 1 aromatic rings. The Balaban J connectivity index is 1.87. The van der Waals surface area contributed by atoms with E-state index in [1.165, 1.54) is 11.3 Å². The van der Waals surface area contributed by atoms with Gasteiger partial charge in [-0.15, -0.1) is 0 Å². The maximum Gasteiger partial charge on any atom is 0.279 e. The van der Waals surface area contributed by atoms with E-state index in [4.69, 9.17) is 0 Å². The fraction of sp³-hybridized carbons (Fsp3) is 0.533. The molecule has 1 fully saturated rings. The lowest BCUT2D eigenvalue weighted by Gasteiger charge is -2.31. The fourth-order valence-corrected chi connectivity index (χ4v) is 3.61. The molecule has 1 aliphatic heterocycles. The molecule has 0 aromatic heterocycles. The van der Waals surface area contributed by atoms with Gasteiger partial charge in [-0.2, -0.15) is 0 Å². The van der Waals surface area contributed by atoms with Gasteiger partial charge in [-0.05, 0) is 47.2 Å². The van der Waals surface area contributed by atoms with Crippen molar-refractivity contribution in [3.8, 4) is 0 Å². The number of benzene rings is 1. The fourth-order valence-electron chi connectivity index (χ4n) is 3.07. The summed E-state index contributed by atoms with van der Waals surface area (Å²) in [5, 5.41) is 3.00. The average molecular weight is 373 g/mol. The van der Waals surface area contributed by atoms with E-state index in [9.17, 15) is 4.79 Å². The van der Waals surface area contributed by atoms with Crippen LogP contribution in [0.4, 0.5) is 5.69 Å². The van der Waals surface area contributed by atoms with Crippen LogP contribution >= 0.6 is 22.6 Å². The molecule has 0 radical (unpaired) electrons. The zero-order valence-electron chi connectivity index (χ0n) is 11.6. The topological polar surface area (TPSA) is 33.5 Å². The largest absolute Gasteiger partial charge is 0.327 e. The second kappa shape index (κ2) is 6.70. The number of amides is 1. The Morgan fingerprint density at radius 1 is 1.37 bits per heavy atom. The quantitative estimate of drug-likeness (QED) is 0.779. The van der Waals surface area contributed by atoms with Crippen LogP contribution < -0.4 is 10.2 Å². The first kappa shape index (κ1) is 14.8. The van der Waals surface area contributed by atoms with Crippen LogP contribution in [0.3, 0.4) is 0 Å². The molecule has 0 saturated carbocycles. The Hall–Kier alpha value is -0.620. The number of carbonyl (C=O) groups excluding carboxylic acids is 1. The summed E-state index contributed by atoms with van der Waals surface area (Å²) in [6.45, 7) is 7.38. The molecule has 104 valence electrons. The standard InChI is InChI=1S/C15H21IN2O/c1-11-6-12(2)9-18(8-11)10-15(19)17-14-5-3-4-13(16)7-14/h3-5,7,11-12H,6,8-10H2,1-2H3,(H,17,19)/p+1/t11-,12-/m0/s1. The van der Waals surface area contributed by atoms with Crippen molar-refractivity contribution in [1.82, 2.24) is 0 Å². The van der Waals surface area contributed by atoms with Gasteiger partial charge in [-0.3, -0.25) is 4.79 Å². The van der Waals surface area contributed by atoms with Crippen molar-refractivity contribution in [2.24, 2.45) is 11.8 Å². The second-order valence-electron chi connectivity index (χ2n) is 5.84. The molecule has 2 rings (SSSR count). The van der Waals surface area contributed by atoms with E-state index in [1.807, 2.05) is 24.3 Å². The number of anilines is 1. The molecule has 4 heteroatoms. The van der Waals surface area contributed by atoms with Gasteiger partial charge in [-0.1, -0.05) is 19.9 Å². The van der Waals surface area contributed by atoms with Gasteiger partial charge < -0.3 is 10.2 Å². The van der Waals surface area contributed by atoms with Crippen molar-refractivity contribution in [3.05, 3.63) is 27.8 Å². The minimum absolute atomic E-state index is 0.123. The van der Waals surface area contributed by atoms with Gasteiger partial charge in [0.2, 0.25) is 0 Å². The summed E-state index contributed by atoms with van der Waals surface area (Å²) in [7, 11) is 0. The van der Waals surface area contributed by atoms with Gasteiger partial charge >= 0.3 is 0 Å². The van der Waals surface area contributed by atoms with E-state index in [-0.39, 0.29) is 5.91 Å². The van der Waals surface area contributed by atoms with E-state index in [0.717, 1.165) is 34.2 Å². The van der Waals surface area contributed by atoms with Crippen LogP contribution in [-0.2, 0) is 4.79 Å². The molecule has 19 heavy (non-hydrogen) atoms. The molecule has 0 aliphatic carbocycles. The molecule has 0 bridgehead atoms. The summed E-state index contributed by atoms with van der Waals surface area (Å²) in [6.07, 6.45) is 1.29. The van der Waals surface area contributed by atoms with E-state index >= 15 is 0 Å². The highest BCUT2D eigenvalue weighted by atomic mass is 127. The zero-order chi connectivity index (χ0) is 13.8. The van der Waals surface area contributed by atoms with Crippen LogP contribution in [-0.4, -0.2) is 25.5 Å². The first-order chi connectivity index (χ1) is 9.02. The molecule has 2 atom stereocenters. The summed E-state index contributed by atoms with van der Waals surface area (Å²) < 4.78 is 1.14. The SMILES string of the molecule is C[C@H]1C[C@H](C)C[NH+](CC(=O)Nc2cccc(I)c2)C1. The van der Waals surface area contributed by atoms with Gasteiger partial charge in [-0.25, -0.2) is 0 Å². The van der Waals surface area contributed by atoms with Crippen LogP contribution in [0.1, 0.15) is 20.3 Å². The molecule has 0 spiro atoms. The lowest BCUT2D eigenvalue weighted by molar-refractivity contribution is -0.904. The molecule has 1 amide bonds. The first-order valence-corrected chi connectivity index (χ1v) is 8.00. The van der Waals surface area contributed by atoms with Gasteiger partial charge in [0.15, 0.2) is 6.54 Å². The summed E-state index contributed by atoms with van der Waals surface area (Å²) in [6, 6.07) is 7.93. The summed E-state index contributed by atoms with van der Waals surface area (Å²) in [4.78, 5) is 13.5. The molecule has 2 N–H and O–H groups in total. The molecule has 3 nitrogen and oxygen atoms in total. The lowest BCUT2D eigenvalue weighted by atomic mass is 9.92. The predicted molar refractivity (Wildman–Crippen MR) is 86.3 cm³/mol. The summed E-state index contributed by atoms with van der Waals surface area (Å²) in [5.41, 5.74) is 0.898. The summed E-state index contributed by atoms with van der Waals surface area (Å²) >= 11 is 2.26. The minimum Gasteiger partial charge on any atom is -0.327 e. The Morgan fingerprint density at radius 3 is 2.68 bits per heavy atom. The van der Waals surface area contributed by atoms with Crippen molar-refractivity contribution >= 4 is 34.2 Å². The highest BCUT2D eigenvalue weighted by Crippen LogP contribution is 2.13. The minimum atomic E-state index is 0.123. The third-order valence-electron chi connectivity index (χ3n) is 3.60. The third kappa shape index (κ3) is 4.76. The zero-order valence-corrected chi connectivity index (χ0v) is 13.7. The van der Waals surface area contributed by atoms with Crippen LogP contribution in [0.5, 0.6) is 0 Å². The van der Waals surface area contributed by atoms with Crippen LogP contribution in [0.2, 0.25) is 0 Å². The number of halogens is 1. The number of nitrogens with one attached hydrogen (secondary N) is 2. The third-order valence-corrected chi connectivity index (χ3v) is 4.27. The van der Waals surface area contributed by atoms with Crippen LogP contribution in [0.15, 0.2) is 24.3 Å². The molecule has 0 unspecified atom stereocenters. The maximum atomic E-state index is 12.1. The van der Waals surface area contributed by atoms with Crippen molar-refractivity contribution in [2.45, 2.75) is 20.3 Å². The summed E-state index contributed by atoms with van der Waals surface area (Å²) in [5.74, 6) is 1.58. The van der Waals surface area contributed by atoms with Crippen molar-refractivity contribution in [2.75, 3.05) is 25.0 Å². The van der Waals surface area contributed by atoms with E-state index in [2.05, 4.69) is 41.8 Å². The number of rotatable bonds is 3. The molecule has 1 saturated heterocycles. The molecule has 1 aliphatic rings. The number of hydrogen-bond acceptors (Lipinski definition) is 1. The monoisotopic (exact) mass is 373 g/mol. The highest BCUT2D eigenvalue weighted by molar-refractivity contribution is 14.1. The number of piperidine rings is 1. The number of quaternary nitrogens is 1. The normalized spacial score (nSPS) is 27.0. The van der Waals surface area contributed by atoms with Crippen molar-refractivity contribution in [3.63, 3.8) is 0 Å². The Labute approximate surface area is 128 Å². The predicted octanol–water partition coefficient (Wildman–Crippen LogP) is 1.79. The number of hydrogen-bond donors (Lipinski definition) is 2. The van der Waals surface area contributed by atoms with Crippen molar-refractivity contribution < 1.29 is 9.69 Å². The van der Waals surface area contributed by atoms with Gasteiger partial charge in [0.05, 0.1) is 13.1 Å². The average Bonchev–Trinajstić information content (AvgIpc) is 2.26. The van der Waals surface area contributed by atoms with Crippen molar-refractivity contribution in [1.29, 1.82) is 0 Å². The van der Waals surface area contributed by atoms with Gasteiger partial charge in [0.1, 0.15) is 0 Å². The Bertz CT molecular complexity index is 440. The van der Waals surface area contributed by atoms with E-state index in [0.29, 0.717) is 6.54 Å². The van der Waals surface area contributed by atoms with Gasteiger partial charge in [0.25, 0.3) is 5.91 Å². The lowest BCUT2D eigenvalue weighted by Crippen LogP contribution is -3.15. The van der Waals surface area contributed by atoms with Gasteiger partial charge in [0, 0.05) is 21.1 Å². The number of carbonyl (C=O) groups is 1. The Morgan fingerprint density at radius 2 is 2.05 bits per heavy atom. The Kier molecular flexibility index (Phi) is 5.21. The molecule has 1 heterocycles. The molecular weight excluding hydrogens is 351 g/mol. The van der Waals surface area contributed by atoms with Crippen LogP contribution in [0.25, 0.3) is 0 Å². The van der Waals surface area contributed by atoms with E-state index in [1.54, 1.807) is 0 Å². The number of likely N-dealkylation sites (tertiary alicyclic amines) is 1. The smallest absolute Gasteiger partial charge is 0.279 e. The first-order valence-electron chi connectivity index (χ1n) is 6.92.